The molecule has 0 spiro atoms. The van der Waals surface area contributed by atoms with Gasteiger partial charge < -0.3 is 15.5 Å². The van der Waals surface area contributed by atoms with Crippen LogP contribution in [0.1, 0.15) is 25.5 Å². The van der Waals surface area contributed by atoms with Crippen molar-refractivity contribution in [1.82, 2.24) is 20.6 Å². The number of carbonyl (C=O) groups excluding carboxylic acids is 1. The zero-order valence-electron chi connectivity index (χ0n) is 12.2. The lowest BCUT2D eigenvalue weighted by Crippen LogP contribution is -2.49. The molecule has 2 rings (SSSR count). The molecule has 6 heteroatoms. The number of likely N-dealkylation sites (N-methyl/N-ethyl adjacent to an activating group) is 1. The van der Waals surface area contributed by atoms with Crippen molar-refractivity contribution in [2.24, 2.45) is 0 Å². The predicted octanol–water partition coefficient (Wildman–Crippen LogP) is 0.343. The molecule has 1 amide bonds. The van der Waals surface area contributed by atoms with E-state index in [1.54, 1.807) is 13.4 Å². The molecule has 1 aromatic rings. The highest BCUT2D eigenvalue weighted by Gasteiger charge is 2.22. The molecule has 0 aliphatic carbocycles. The van der Waals surface area contributed by atoms with Gasteiger partial charge in [-0.15, -0.1) is 0 Å². The van der Waals surface area contributed by atoms with Gasteiger partial charge in [0.2, 0.25) is 5.91 Å². The van der Waals surface area contributed by atoms with Gasteiger partial charge in [0.1, 0.15) is 12.1 Å². The maximum Gasteiger partial charge on any atom is 0.234 e. The standard InChI is InChI=1S/C14H23N5O/c1-3-11-7-13(17-10-16-11)19-6-4-5-12(9-19)18-14(20)8-15-2/h7,10,12,15H,3-6,8-9H2,1-2H3,(H,18,20). The zero-order valence-corrected chi connectivity index (χ0v) is 12.2. The average molecular weight is 277 g/mol. The van der Waals surface area contributed by atoms with Gasteiger partial charge in [-0.05, 0) is 26.3 Å². The number of nitrogens with zero attached hydrogens (tertiary/aromatic N) is 3. The van der Waals surface area contributed by atoms with Gasteiger partial charge in [-0.3, -0.25) is 4.79 Å². The fourth-order valence-electron chi connectivity index (χ4n) is 2.49. The summed E-state index contributed by atoms with van der Waals surface area (Å²) in [6.07, 6.45) is 4.62. The van der Waals surface area contributed by atoms with Crippen molar-refractivity contribution in [2.75, 3.05) is 31.6 Å². The van der Waals surface area contributed by atoms with Crippen LogP contribution in [0.15, 0.2) is 12.4 Å². The monoisotopic (exact) mass is 277 g/mol. The summed E-state index contributed by atoms with van der Waals surface area (Å²) < 4.78 is 0. The van der Waals surface area contributed by atoms with Crippen molar-refractivity contribution in [2.45, 2.75) is 32.2 Å². The first kappa shape index (κ1) is 14.7. The van der Waals surface area contributed by atoms with E-state index in [4.69, 9.17) is 0 Å². The van der Waals surface area contributed by atoms with Crippen molar-refractivity contribution in [3.05, 3.63) is 18.1 Å². The maximum absolute atomic E-state index is 11.6. The Balaban J connectivity index is 1.97. The third-order valence-electron chi connectivity index (χ3n) is 3.52. The van der Waals surface area contributed by atoms with Crippen LogP contribution in [-0.4, -0.2) is 48.6 Å². The first-order chi connectivity index (χ1) is 9.72. The molecule has 110 valence electrons. The van der Waals surface area contributed by atoms with Crippen LogP contribution in [0.3, 0.4) is 0 Å². The van der Waals surface area contributed by atoms with E-state index in [0.717, 1.165) is 43.9 Å². The van der Waals surface area contributed by atoms with Crippen molar-refractivity contribution < 1.29 is 4.79 Å². The normalized spacial score (nSPS) is 18.9. The zero-order chi connectivity index (χ0) is 14.4. The van der Waals surface area contributed by atoms with Gasteiger partial charge in [-0.1, -0.05) is 6.92 Å². The Hall–Kier alpha value is -1.69. The molecule has 0 radical (unpaired) electrons. The first-order valence-electron chi connectivity index (χ1n) is 7.22. The lowest BCUT2D eigenvalue weighted by atomic mass is 10.1. The van der Waals surface area contributed by atoms with Crippen LogP contribution in [0.2, 0.25) is 0 Å². The summed E-state index contributed by atoms with van der Waals surface area (Å²) in [5.74, 6) is 1.01. The molecule has 2 heterocycles. The Bertz CT molecular complexity index is 451. The van der Waals surface area contributed by atoms with Crippen molar-refractivity contribution >= 4 is 11.7 Å². The smallest absolute Gasteiger partial charge is 0.234 e. The van der Waals surface area contributed by atoms with E-state index in [9.17, 15) is 4.79 Å². The summed E-state index contributed by atoms with van der Waals surface area (Å²) in [6, 6.07) is 2.24. The lowest BCUT2D eigenvalue weighted by molar-refractivity contribution is -0.120. The van der Waals surface area contributed by atoms with Gasteiger partial charge in [0.15, 0.2) is 0 Å². The van der Waals surface area contributed by atoms with E-state index in [0.29, 0.717) is 6.54 Å². The molecule has 0 saturated carbocycles. The molecule has 0 aromatic carbocycles. The van der Waals surface area contributed by atoms with Gasteiger partial charge in [0, 0.05) is 30.9 Å². The summed E-state index contributed by atoms with van der Waals surface area (Å²) in [7, 11) is 1.78. The molecule has 1 saturated heterocycles. The molecule has 1 fully saturated rings. The quantitative estimate of drug-likeness (QED) is 0.812. The second-order valence-corrected chi connectivity index (χ2v) is 5.10. The van der Waals surface area contributed by atoms with Crippen molar-refractivity contribution in [3.63, 3.8) is 0 Å². The summed E-state index contributed by atoms with van der Waals surface area (Å²) in [5, 5.41) is 5.93. The highest BCUT2D eigenvalue weighted by molar-refractivity contribution is 5.78. The Morgan fingerprint density at radius 2 is 2.35 bits per heavy atom. The van der Waals surface area contributed by atoms with E-state index in [1.807, 2.05) is 6.07 Å². The maximum atomic E-state index is 11.6. The minimum atomic E-state index is 0.0521. The Kier molecular flexibility index (Phi) is 5.29. The number of rotatable bonds is 5. The number of amides is 1. The molecule has 20 heavy (non-hydrogen) atoms. The number of piperidine rings is 1. The predicted molar refractivity (Wildman–Crippen MR) is 78.7 cm³/mol. The first-order valence-corrected chi connectivity index (χ1v) is 7.22. The number of hydrogen-bond acceptors (Lipinski definition) is 5. The highest BCUT2D eigenvalue weighted by Crippen LogP contribution is 2.18. The van der Waals surface area contributed by atoms with Gasteiger partial charge in [-0.2, -0.15) is 0 Å². The molecule has 1 aliphatic heterocycles. The second kappa shape index (κ2) is 7.19. The molecule has 0 bridgehead atoms. The van der Waals surface area contributed by atoms with E-state index in [2.05, 4.69) is 32.4 Å². The molecule has 2 N–H and O–H groups in total. The number of aryl methyl sites for hydroxylation is 1. The van der Waals surface area contributed by atoms with Gasteiger partial charge in [-0.25, -0.2) is 9.97 Å². The Morgan fingerprint density at radius 1 is 1.50 bits per heavy atom. The van der Waals surface area contributed by atoms with Crippen LogP contribution in [0.25, 0.3) is 0 Å². The van der Waals surface area contributed by atoms with Crippen LogP contribution >= 0.6 is 0 Å². The largest absolute Gasteiger partial charge is 0.354 e. The summed E-state index contributed by atoms with van der Waals surface area (Å²) >= 11 is 0. The lowest BCUT2D eigenvalue weighted by Gasteiger charge is -2.34. The fourth-order valence-corrected chi connectivity index (χ4v) is 2.49. The number of carbonyl (C=O) groups is 1. The molecular formula is C14H23N5O. The molecule has 1 unspecified atom stereocenters. The van der Waals surface area contributed by atoms with Crippen LogP contribution in [0.4, 0.5) is 5.82 Å². The minimum Gasteiger partial charge on any atom is -0.354 e. The molecule has 6 nitrogen and oxygen atoms in total. The topological polar surface area (TPSA) is 70.2 Å². The highest BCUT2D eigenvalue weighted by atomic mass is 16.1. The third-order valence-corrected chi connectivity index (χ3v) is 3.52. The van der Waals surface area contributed by atoms with Crippen molar-refractivity contribution in [1.29, 1.82) is 0 Å². The SMILES string of the molecule is CCc1cc(N2CCCC(NC(=O)CNC)C2)ncn1. The summed E-state index contributed by atoms with van der Waals surface area (Å²) in [5.41, 5.74) is 1.05. The molecule has 1 aliphatic rings. The summed E-state index contributed by atoms with van der Waals surface area (Å²) in [6.45, 7) is 4.25. The van der Waals surface area contributed by atoms with Crippen LogP contribution in [-0.2, 0) is 11.2 Å². The fraction of sp³-hybridized carbons (Fsp3) is 0.643. The van der Waals surface area contributed by atoms with Crippen LogP contribution in [0.5, 0.6) is 0 Å². The number of aromatic nitrogens is 2. The van der Waals surface area contributed by atoms with E-state index >= 15 is 0 Å². The molecular weight excluding hydrogens is 254 g/mol. The second-order valence-electron chi connectivity index (χ2n) is 5.10. The Labute approximate surface area is 120 Å². The van der Waals surface area contributed by atoms with Crippen molar-refractivity contribution in [3.8, 4) is 0 Å². The van der Waals surface area contributed by atoms with E-state index in [-0.39, 0.29) is 11.9 Å². The molecule has 1 aromatic heterocycles. The number of hydrogen-bond donors (Lipinski definition) is 2. The van der Waals surface area contributed by atoms with Crippen LogP contribution in [0, 0.1) is 0 Å². The van der Waals surface area contributed by atoms with Gasteiger partial charge >= 0.3 is 0 Å². The van der Waals surface area contributed by atoms with E-state index < -0.39 is 0 Å². The number of anilines is 1. The van der Waals surface area contributed by atoms with Gasteiger partial charge in [0.25, 0.3) is 0 Å². The van der Waals surface area contributed by atoms with E-state index in [1.165, 1.54) is 0 Å². The van der Waals surface area contributed by atoms with Crippen LogP contribution < -0.4 is 15.5 Å². The minimum absolute atomic E-state index is 0.0521. The number of nitrogens with one attached hydrogen (secondary N) is 2. The molecule has 1 atom stereocenters. The Morgan fingerprint density at radius 3 is 3.10 bits per heavy atom. The summed E-state index contributed by atoms with van der Waals surface area (Å²) in [4.78, 5) is 22.4. The third kappa shape index (κ3) is 3.90. The van der Waals surface area contributed by atoms with Gasteiger partial charge in [0.05, 0.1) is 6.54 Å². The average Bonchev–Trinajstić information content (AvgIpc) is 2.48.